The summed E-state index contributed by atoms with van der Waals surface area (Å²) in [6, 6.07) is 0. The average molecular weight is 210 g/mol. The molecule has 3 nitrogen and oxygen atoms in total. The molecular weight excluding hydrogens is 188 g/mol. The van der Waals surface area contributed by atoms with Crippen molar-refractivity contribution >= 4 is 5.78 Å². The Hall–Kier alpha value is -0.410. The first-order valence-corrected chi connectivity index (χ1v) is 6.19. The van der Waals surface area contributed by atoms with Crippen molar-refractivity contribution in [2.45, 2.75) is 25.7 Å². The van der Waals surface area contributed by atoms with E-state index < -0.39 is 0 Å². The van der Waals surface area contributed by atoms with Gasteiger partial charge in [-0.25, -0.2) is 0 Å². The lowest BCUT2D eigenvalue weighted by molar-refractivity contribution is -0.121. The quantitative estimate of drug-likeness (QED) is 0.679. The molecule has 0 aromatic rings. The maximum atomic E-state index is 11.6. The summed E-state index contributed by atoms with van der Waals surface area (Å²) in [4.78, 5) is 16.4. The van der Waals surface area contributed by atoms with Crippen molar-refractivity contribution in [2.24, 2.45) is 5.92 Å². The third kappa shape index (κ3) is 3.02. The Labute approximate surface area is 92.4 Å². The number of hydrogen-bond donors (Lipinski definition) is 0. The Balaban J connectivity index is 1.80. The first kappa shape index (κ1) is 11.1. The molecule has 0 aromatic carbocycles. The summed E-state index contributed by atoms with van der Waals surface area (Å²) in [5, 5.41) is 0. The minimum Gasteiger partial charge on any atom is -0.305 e. The van der Waals surface area contributed by atoms with E-state index in [1.165, 1.54) is 19.5 Å². The molecule has 0 N–H and O–H groups in total. The van der Waals surface area contributed by atoms with Gasteiger partial charge in [-0.3, -0.25) is 4.79 Å². The number of likely N-dealkylation sites (N-methyl/N-ethyl adjacent to an activating group) is 1. The van der Waals surface area contributed by atoms with Gasteiger partial charge in [-0.1, -0.05) is 0 Å². The maximum absolute atomic E-state index is 11.6. The van der Waals surface area contributed by atoms with Gasteiger partial charge in [0, 0.05) is 32.0 Å². The molecule has 0 bridgehead atoms. The molecule has 3 heteroatoms. The van der Waals surface area contributed by atoms with Gasteiger partial charge in [0.15, 0.2) is 0 Å². The second-order valence-electron chi connectivity index (χ2n) is 5.01. The monoisotopic (exact) mass is 210 g/mol. The molecule has 1 atom stereocenters. The molecule has 1 unspecified atom stereocenters. The first-order valence-electron chi connectivity index (χ1n) is 6.19. The van der Waals surface area contributed by atoms with Crippen LogP contribution in [0.4, 0.5) is 0 Å². The van der Waals surface area contributed by atoms with Gasteiger partial charge < -0.3 is 9.80 Å². The van der Waals surface area contributed by atoms with Gasteiger partial charge in [-0.05, 0) is 39.4 Å². The zero-order valence-corrected chi connectivity index (χ0v) is 9.74. The van der Waals surface area contributed by atoms with E-state index in [4.69, 9.17) is 0 Å². The predicted molar refractivity (Wildman–Crippen MR) is 60.9 cm³/mol. The number of nitrogens with zero attached hydrogens (tertiary/aromatic N) is 2. The molecule has 15 heavy (non-hydrogen) atoms. The zero-order chi connectivity index (χ0) is 10.7. The predicted octanol–water partition coefficient (Wildman–Crippen LogP) is 0.993. The second kappa shape index (κ2) is 5.08. The van der Waals surface area contributed by atoms with Crippen LogP contribution in [-0.2, 0) is 4.79 Å². The summed E-state index contributed by atoms with van der Waals surface area (Å²) >= 11 is 0. The Bertz CT molecular complexity index is 230. The summed E-state index contributed by atoms with van der Waals surface area (Å²) < 4.78 is 0. The highest BCUT2D eigenvalue weighted by molar-refractivity contribution is 5.83. The smallest absolute Gasteiger partial charge is 0.137 e. The molecule has 2 fully saturated rings. The number of carbonyl (C=O) groups excluding carboxylic acids is 1. The van der Waals surface area contributed by atoms with Gasteiger partial charge >= 0.3 is 0 Å². The minimum atomic E-state index is 0.355. The van der Waals surface area contributed by atoms with Gasteiger partial charge in [0.25, 0.3) is 0 Å². The van der Waals surface area contributed by atoms with Gasteiger partial charge in [0.2, 0.25) is 0 Å². The van der Waals surface area contributed by atoms with Crippen LogP contribution in [0.1, 0.15) is 25.7 Å². The van der Waals surface area contributed by atoms with E-state index in [0.717, 1.165) is 38.9 Å². The summed E-state index contributed by atoms with van der Waals surface area (Å²) in [6.45, 7) is 5.69. The van der Waals surface area contributed by atoms with Crippen LogP contribution in [0.15, 0.2) is 0 Å². The van der Waals surface area contributed by atoms with E-state index in [2.05, 4.69) is 16.8 Å². The Morgan fingerprint density at radius 1 is 1.20 bits per heavy atom. The molecule has 0 spiro atoms. The summed E-state index contributed by atoms with van der Waals surface area (Å²) in [5.41, 5.74) is 0. The maximum Gasteiger partial charge on any atom is 0.137 e. The summed E-state index contributed by atoms with van der Waals surface area (Å²) in [7, 11) is 2.18. The van der Waals surface area contributed by atoms with E-state index in [-0.39, 0.29) is 0 Å². The van der Waals surface area contributed by atoms with Gasteiger partial charge in [-0.2, -0.15) is 0 Å². The topological polar surface area (TPSA) is 23.6 Å². The molecular formula is C12H22N2O. The normalized spacial score (nSPS) is 30.7. The van der Waals surface area contributed by atoms with Crippen LogP contribution in [0.5, 0.6) is 0 Å². The molecule has 0 radical (unpaired) electrons. The van der Waals surface area contributed by atoms with E-state index in [0.29, 0.717) is 11.7 Å². The standard InChI is InChI=1S/C12H22N2O/c1-13-6-3-7-14(9-8-13)10-11-4-2-5-12(11)15/h11H,2-10H2,1H3. The van der Waals surface area contributed by atoms with E-state index in [9.17, 15) is 4.79 Å². The van der Waals surface area contributed by atoms with Gasteiger partial charge in [-0.15, -0.1) is 0 Å². The second-order valence-corrected chi connectivity index (χ2v) is 5.01. The lowest BCUT2D eigenvalue weighted by Gasteiger charge is -2.22. The Morgan fingerprint density at radius 3 is 2.80 bits per heavy atom. The Morgan fingerprint density at radius 2 is 2.07 bits per heavy atom. The van der Waals surface area contributed by atoms with Crippen LogP contribution >= 0.6 is 0 Å². The molecule has 0 amide bonds. The van der Waals surface area contributed by atoms with Crippen LogP contribution in [0, 0.1) is 5.92 Å². The Kier molecular flexibility index (Phi) is 3.76. The van der Waals surface area contributed by atoms with Crippen LogP contribution in [0.3, 0.4) is 0 Å². The first-order chi connectivity index (χ1) is 7.25. The fourth-order valence-corrected chi connectivity index (χ4v) is 2.68. The molecule has 1 heterocycles. The van der Waals surface area contributed by atoms with Crippen molar-refractivity contribution in [2.75, 3.05) is 39.8 Å². The molecule has 0 aromatic heterocycles. The van der Waals surface area contributed by atoms with E-state index in [1.807, 2.05) is 0 Å². The highest BCUT2D eigenvalue weighted by Crippen LogP contribution is 2.22. The third-order valence-corrected chi connectivity index (χ3v) is 3.72. The zero-order valence-electron chi connectivity index (χ0n) is 9.74. The number of Topliss-reactive ketones (excluding diaryl/α,β-unsaturated/α-hetero) is 1. The number of rotatable bonds is 2. The van der Waals surface area contributed by atoms with Crippen molar-refractivity contribution in [1.82, 2.24) is 9.80 Å². The summed E-state index contributed by atoms with van der Waals surface area (Å²) in [5.74, 6) is 0.862. The van der Waals surface area contributed by atoms with Gasteiger partial charge in [0.05, 0.1) is 0 Å². The lowest BCUT2D eigenvalue weighted by atomic mass is 10.1. The number of hydrogen-bond acceptors (Lipinski definition) is 3. The van der Waals surface area contributed by atoms with Crippen LogP contribution in [-0.4, -0.2) is 55.4 Å². The van der Waals surface area contributed by atoms with Crippen molar-refractivity contribution in [3.63, 3.8) is 0 Å². The van der Waals surface area contributed by atoms with Crippen LogP contribution in [0.2, 0.25) is 0 Å². The summed E-state index contributed by atoms with van der Waals surface area (Å²) in [6.07, 6.45) is 4.33. The largest absolute Gasteiger partial charge is 0.305 e. The van der Waals surface area contributed by atoms with Crippen molar-refractivity contribution in [1.29, 1.82) is 0 Å². The third-order valence-electron chi connectivity index (χ3n) is 3.72. The molecule has 1 saturated carbocycles. The fraction of sp³-hybridized carbons (Fsp3) is 0.917. The highest BCUT2D eigenvalue weighted by Gasteiger charge is 2.26. The molecule has 2 aliphatic rings. The molecule has 2 rings (SSSR count). The van der Waals surface area contributed by atoms with Crippen molar-refractivity contribution in [3.05, 3.63) is 0 Å². The number of ketones is 1. The molecule has 1 aliphatic heterocycles. The van der Waals surface area contributed by atoms with E-state index in [1.54, 1.807) is 0 Å². The number of carbonyl (C=O) groups is 1. The van der Waals surface area contributed by atoms with Crippen molar-refractivity contribution < 1.29 is 4.79 Å². The average Bonchev–Trinajstić information content (AvgIpc) is 2.48. The van der Waals surface area contributed by atoms with E-state index >= 15 is 0 Å². The van der Waals surface area contributed by atoms with Crippen LogP contribution in [0.25, 0.3) is 0 Å². The highest BCUT2D eigenvalue weighted by atomic mass is 16.1. The van der Waals surface area contributed by atoms with Crippen molar-refractivity contribution in [3.8, 4) is 0 Å². The molecule has 1 aliphatic carbocycles. The fourth-order valence-electron chi connectivity index (χ4n) is 2.68. The van der Waals surface area contributed by atoms with Gasteiger partial charge in [0.1, 0.15) is 5.78 Å². The minimum absolute atomic E-state index is 0.355. The van der Waals surface area contributed by atoms with Crippen LogP contribution < -0.4 is 0 Å². The SMILES string of the molecule is CN1CCCN(CC2CCCC2=O)CC1. The molecule has 86 valence electrons. The lowest BCUT2D eigenvalue weighted by Crippen LogP contribution is -2.34. The molecule has 1 saturated heterocycles.